The summed E-state index contributed by atoms with van der Waals surface area (Å²) in [5, 5.41) is 15.4. The van der Waals surface area contributed by atoms with Gasteiger partial charge in [0.25, 0.3) is 0 Å². The van der Waals surface area contributed by atoms with Crippen LogP contribution in [0.4, 0.5) is 9.52 Å². The van der Waals surface area contributed by atoms with Gasteiger partial charge in [0, 0.05) is 30.8 Å². The molecule has 7 nitrogen and oxygen atoms in total. The van der Waals surface area contributed by atoms with Crippen molar-refractivity contribution in [1.82, 2.24) is 14.6 Å². The van der Waals surface area contributed by atoms with Gasteiger partial charge in [-0.05, 0) is 18.6 Å². The molecule has 132 valence electrons. The topological polar surface area (TPSA) is 88.9 Å². The number of imidazole rings is 1. The molecule has 4 rings (SSSR count). The number of aliphatic hydroxyl groups excluding tert-OH is 1. The molecule has 1 aromatic carbocycles. The second-order valence-electron chi connectivity index (χ2n) is 6.03. The zero-order valence-electron chi connectivity index (χ0n) is 13.6. The van der Waals surface area contributed by atoms with Crippen LogP contribution in [0.25, 0.3) is 16.2 Å². The van der Waals surface area contributed by atoms with Crippen LogP contribution in [-0.4, -0.2) is 52.0 Å². The zero-order valence-corrected chi connectivity index (χ0v) is 14.4. The van der Waals surface area contributed by atoms with E-state index < -0.39 is 6.10 Å². The molecule has 3 aromatic rings. The van der Waals surface area contributed by atoms with Gasteiger partial charge in [-0.1, -0.05) is 11.3 Å². The summed E-state index contributed by atoms with van der Waals surface area (Å²) in [6.07, 6.45) is 1.84. The highest BCUT2D eigenvalue weighted by Gasteiger charge is 2.27. The van der Waals surface area contributed by atoms with Crippen molar-refractivity contribution < 1.29 is 14.2 Å². The van der Waals surface area contributed by atoms with Crippen LogP contribution in [0.15, 0.2) is 24.4 Å². The number of hydrogen-bond acceptors (Lipinski definition) is 7. The highest BCUT2D eigenvalue weighted by atomic mass is 32.1. The fourth-order valence-electron chi connectivity index (χ4n) is 2.99. The number of fused-ring (bicyclic) bond motifs is 1. The monoisotopic (exact) mass is 363 g/mol. The summed E-state index contributed by atoms with van der Waals surface area (Å²) in [4.78, 5) is 7.13. The third-order valence-electron chi connectivity index (χ3n) is 4.42. The molecular formula is C16H18FN5O2S. The molecule has 1 saturated heterocycles. The molecule has 3 N–H and O–H groups in total. The summed E-state index contributed by atoms with van der Waals surface area (Å²) in [7, 11) is 1.50. The maximum atomic E-state index is 13.4. The fraction of sp³-hybridized carbons (Fsp3) is 0.375. The molecule has 3 heterocycles. The predicted molar refractivity (Wildman–Crippen MR) is 93.6 cm³/mol. The first-order valence-corrected chi connectivity index (χ1v) is 8.75. The summed E-state index contributed by atoms with van der Waals surface area (Å²) < 4.78 is 20.5. The van der Waals surface area contributed by atoms with Gasteiger partial charge in [-0.3, -0.25) is 0 Å². The first-order valence-electron chi connectivity index (χ1n) is 7.94. The maximum absolute atomic E-state index is 13.4. The summed E-state index contributed by atoms with van der Waals surface area (Å²) in [6, 6.07) is 4.18. The van der Waals surface area contributed by atoms with Gasteiger partial charge in [-0.25, -0.2) is 13.9 Å². The lowest BCUT2D eigenvalue weighted by atomic mass is 10.0. The Balaban J connectivity index is 1.72. The van der Waals surface area contributed by atoms with Gasteiger partial charge in [-0.15, -0.1) is 5.10 Å². The van der Waals surface area contributed by atoms with Crippen molar-refractivity contribution in [3.8, 4) is 17.0 Å². The van der Waals surface area contributed by atoms with Crippen LogP contribution in [0.2, 0.25) is 0 Å². The average molecular weight is 363 g/mol. The molecule has 9 heteroatoms. The summed E-state index contributed by atoms with van der Waals surface area (Å²) in [5.41, 5.74) is 7.30. The SMILES string of the molecule is COc1cc(F)ccc1-c1cnc2sc(N3CC[C@@H](N)[C@H](O)C3)nn12. The standard InChI is InChI=1S/C16H18FN5O2S/c1-24-14-6-9(17)2-3-10(14)12-7-19-15-22(12)20-16(25-15)21-5-4-11(18)13(23)8-21/h2-3,6-7,11,13,23H,4-5,8,18H2,1H3/t11-,13-/m1/s1. The van der Waals surface area contributed by atoms with Crippen molar-refractivity contribution in [3.05, 3.63) is 30.2 Å². The molecule has 0 radical (unpaired) electrons. The first kappa shape index (κ1) is 16.2. The van der Waals surface area contributed by atoms with E-state index in [0.29, 0.717) is 24.3 Å². The lowest BCUT2D eigenvalue weighted by Crippen LogP contribution is -2.50. The Morgan fingerprint density at radius 2 is 2.28 bits per heavy atom. The van der Waals surface area contributed by atoms with Crippen LogP contribution in [0.3, 0.4) is 0 Å². The summed E-state index contributed by atoms with van der Waals surface area (Å²) in [6.45, 7) is 1.19. The van der Waals surface area contributed by atoms with Crippen molar-refractivity contribution in [3.63, 3.8) is 0 Å². The number of halogens is 1. The molecule has 0 saturated carbocycles. The quantitative estimate of drug-likeness (QED) is 0.733. The summed E-state index contributed by atoms with van der Waals surface area (Å²) in [5.74, 6) is 0.0645. The molecular weight excluding hydrogens is 345 g/mol. The smallest absolute Gasteiger partial charge is 0.214 e. The van der Waals surface area contributed by atoms with E-state index in [-0.39, 0.29) is 11.9 Å². The number of ether oxygens (including phenoxy) is 1. The Bertz CT molecular complexity index is 911. The average Bonchev–Trinajstić information content (AvgIpc) is 3.18. The van der Waals surface area contributed by atoms with Crippen molar-refractivity contribution in [2.75, 3.05) is 25.1 Å². The largest absolute Gasteiger partial charge is 0.496 e. The zero-order chi connectivity index (χ0) is 17.6. The van der Waals surface area contributed by atoms with E-state index in [1.54, 1.807) is 16.8 Å². The number of nitrogens with two attached hydrogens (primary N) is 1. The Labute approximate surface area is 147 Å². The van der Waals surface area contributed by atoms with E-state index in [1.165, 1.54) is 30.6 Å². The molecule has 2 aromatic heterocycles. The molecule has 25 heavy (non-hydrogen) atoms. The minimum Gasteiger partial charge on any atom is -0.496 e. The van der Waals surface area contributed by atoms with Crippen molar-refractivity contribution >= 4 is 21.4 Å². The number of benzene rings is 1. The van der Waals surface area contributed by atoms with Crippen molar-refractivity contribution in [1.29, 1.82) is 0 Å². The van der Waals surface area contributed by atoms with Crippen molar-refractivity contribution in [2.45, 2.75) is 18.6 Å². The number of aromatic nitrogens is 3. The molecule has 0 aliphatic carbocycles. The molecule has 2 atom stereocenters. The molecule has 1 fully saturated rings. The highest BCUT2D eigenvalue weighted by molar-refractivity contribution is 7.20. The lowest BCUT2D eigenvalue weighted by molar-refractivity contribution is 0.132. The number of rotatable bonds is 3. The number of aliphatic hydroxyl groups is 1. The number of hydrogen-bond donors (Lipinski definition) is 2. The van der Waals surface area contributed by atoms with Gasteiger partial charge in [0.05, 0.1) is 25.1 Å². The minimum atomic E-state index is -0.568. The van der Waals surface area contributed by atoms with Gasteiger partial charge < -0.3 is 20.5 Å². The van der Waals surface area contributed by atoms with Crippen molar-refractivity contribution in [2.24, 2.45) is 5.73 Å². The lowest BCUT2D eigenvalue weighted by Gasteiger charge is -2.33. The third kappa shape index (κ3) is 2.84. The van der Waals surface area contributed by atoms with Gasteiger partial charge in [-0.2, -0.15) is 0 Å². The molecule has 0 amide bonds. The molecule has 0 unspecified atom stereocenters. The van der Waals surface area contributed by atoms with E-state index in [9.17, 15) is 9.50 Å². The molecule has 0 spiro atoms. The fourth-order valence-corrected chi connectivity index (χ4v) is 3.91. The Hall–Kier alpha value is -2.23. The van der Waals surface area contributed by atoms with E-state index in [0.717, 1.165) is 22.3 Å². The van der Waals surface area contributed by atoms with E-state index in [1.807, 2.05) is 4.90 Å². The number of methoxy groups -OCH3 is 1. The van der Waals surface area contributed by atoms with Crippen LogP contribution >= 0.6 is 11.3 Å². The second kappa shape index (κ2) is 6.25. The minimum absolute atomic E-state index is 0.195. The van der Waals surface area contributed by atoms with Gasteiger partial charge in [0.15, 0.2) is 0 Å². The predicted octanol–water partition coefficient (Wildman–Crippen LogP) is 1.50. The van der Waals surface area contributed by atoms with Crippen LogP contribution in [0.5, 0.6) is 5.75 Å². The van der Waals surface area contributed by atoms with Gasteiger partial charge >= 0.3 is 0 Å². The van der Waals surface area contributed by atoms with E-state index in [4.69, 9.17) is 10.5 Å². The van der Waals surface area contributed by atoms with Gasteiger partial charge in [0.1, 0.15) is 11.6 Å². The van der Waals surface area contributed by atoms with Gasteiger partial charge in [0.2, 0.25) is 10.1 Å². The summed E-state index contributed by atoms with van der Waals surface area (Å²) >= 11 is 1.44. The highest BCUT2D eigenvalue weighted by Crippen LogP contribution is 2.34. The number of nitrogens with zero attached hydrogens (tertiary/aromatic N) is 4. The maximum Gasteiger partial charge on any atom is 0.214 e. The molecule has 1 aliphatic rings. The Kier molecular flexibility index (Phi) is 4.06. The number of anilines is 1. The van der Waals surface area contributed by atoms with Crippen LogP contribution in [0.1, 0.15) is 6.42 Å². The van der Waals surface area contributed by atoms with E-state index in [2.05, 4.69) is 10.1 Å². The van der Waals surface area contributed by atoms with Crippen LogP contribution in [-0.2, 0) is 0 Å². The normalized spacial score (nSPS) is 21.0. The second-order valence-corrected chi connectivity index (χ2v) is 6.97. The molecule has 1 aliphatic heterocycles. The molecule has 0 bridgehead atoms. The first-order chi connectivity index (χ1) is 12.1. The van der Waals surface area contributed by atoms with Crippen LogP contribution < -0.4 is 15.4 Å². The Morgan fingerprint density at radius 1 is 1.44 bits per heavy atom. The van der Waals surface area contributed by atoms with E-state index >= 15 is 0 Å². The Morgan fingerprint density at radius 3 is 3.04 bits per heavy atom. The number of β-amino-alcohol motifs (C(OH)–C–C–N with tert-alkyl or cyclic N) is 1. The van der Waals surface area contributed by atoms with Crippen LogP contribution in [0, 0.1) is 5.82 Å². The number of piperidine rings is 1. The third-order valence-corrected chi connectivity index (χ3v) is 5.40.